The maximum atomic E-state index is 6.93. The molecule has 0 fully saturated rings. The van der Waals surface area contributed by atoms with Crippen molar-refractivity contribution < 1.29 is 4.74 Å². The van der Waals surface area contributed by atoms with E-state index in [1.165, 1.54) is 39.0 Å². The number of ether oxygens (including phenoxy) is 1. The topological polar surface area (TPSA) is 59.9 Å². The lowest BCUT2D eigenvalue weighted by molar-refractivity contribution is 0.436. The van der Waals surface area contributed by atoms with Crippen LogP contribution < -0.4 is 10.1 Å². The summed E-state index contributed by atoms with van der Waals surface area (Å²) in [5.74, 6) is 4.03. The molecule has 5 nitrogen and oxygen atoms in total. The fraction of sp³-hybridized carbons (Fsp3) is 0.122. The van der Waals surface area contributed by atoms with Crippen LogP contribution in [0.2, 0.25) is 0 Å². The highest BCUT2D eigenvalue weighted by Crippen LogP contribution is 2.62. The standard InChI is InChI=1S/C49H36N4O/c1-3-12-31(13-4-1)46-51-47(32-14-5-2-6-15-32)53-48(52-46)34-23-25-45-43(29-34)49(40-20-9-7-17-38(40)39-18-8-10-21-41(39)49)42-28-33(22-24-44(42)54-45)36-19-11-16-35-30-50-27-26-37(35)36/h1-5,7-14,16-18,20-29,36,50H,6,15,19,30H2. The lowest BCUT2D eigenvalue weighted by Gasteiger charge is -2.40. The van der Waals surface area contributed by atoms with Crippen molar-refractivity contribution in [2.45, 2.75) is 30.6 Å². The number of allylic oxidation sites excluding steroid dienone is 7. The highest BCUT2D eigenvalue weighted by Gasteiger charge is 2.51. The Morgan fingerprint density at radius 1 is 0.630 bits per heavy atom. The van der Waals surface area contributed by atoms with Crippen molar-refractivity contribution in [2.75, 3.05) is 6.54 Å². The average Bonchev–Trinajstić information content (AvgIpc) is 3.54. The Kier molecular flexibility index (Phi) is 7.02. The molecule has 3 aliphatic carbocycles. The molecule has 0 bridgehead atoms. The maximum Gasteiger partial charge on any atom is 0.164 e. The summed E-state index contributed by atoms with van der Waals surface area (Å²) in [5.41, 5.74) is 13.7. The number of dihydropyridines is 1. The van der Waals surface area contributed by atoms with E-state index in [1.54, 1.807) is 0 Å². The van der Waals surface area contributed by atoms with Crippen molar-refractivity contribution in [2.24, 2.45) is 0 Å². The Hall–Kier alpha value is -6.59. The Bertz CT molecular complexity index is 2640. The Morgan fingerprint density at radius 2 is 1.33 bits per heavy atom. The molecule has 1 aromatic heterocycles. The highest BCUT2D eigenvalue weighted by molar-refractivity contribution is 5.89. The summed E-state index contributed by atoms with van der Waals surface area (Å²) in [7, 11) is 0. The number of aromatic nitrogens is 3. The van der Waals surface area contributed by atoms with Gasteiger partial charge in [-0.1, -0.05) is 115 Å². The summed E-state index contributed by atoms with van der Waals surface area (Å²) in [6, 6.07) is 41.4. The third-order valence-electron chi connectivity index (χ3n) is 11.7. The van der Waals surface area contributed by atoms with Gasteiger partial charge in [0.15, 0.2) is 17.5 Å². The number of nitrogens with one attached hydrogen (secondary N) is 1. The van der Waals surface area contributed by atoms with Crippen LogP contribution in [0.15, 0.2) is 169 Å². The van der Waals surface area contributed by atoms with Crippen LogP contribution in [0.5, 0.6) is 11.5 Å². The molecule has 0 saturated carbocycles. The zero-order valence-corrected chi connectivity index (χ0v) is 29.7. The van der Waals surface area contributed by atoms with Crippen LogP contribution in [0.1, 0.15) is 58.8 Å². The van der Waals surface area contributed by atoms with Crippen LogP contribution in [0.25, 0.3) is 39.5 Å². The van der Waals surface area contributed by atoms with Crippen LogP contribution in [0, 0.1) is 0 Å². The molecule has 5 aliphatic rings. The molecule has 1 N–H and O–H groups in total. The van der Waals surface area contributed by atoms with Gasteiger partial charge in [-0.15, -0.1) is 0 Å². The van der Waals surface area contributed by atoms with Crippen molar-refractivity contribution in [1.29, 1.82) is 0 Å². The maximum absolute atomic E-state index is 6.93. The fourth-order valence-electron chi connectivity index (χ4n) is 9.24. The third-order valence-corrected chi connectivity index (χ3v) is 11.7. The van der Waals surface area contributed by atoms with Crippen molar-refractivity contribution in [3.63, 3.8) is 0 Å². The summed E-state index contributed by atoms with van der Waals surface area (Å²) in [5, 5.41) is 3.40. The smallest absolute Gasteiger partial charge is 0.164 e. The molecule has 0 saturated heterocycles. The Morgan fingerprint density at radius 3 is 2.11 bits per heavy atom. The minimum absolute atomic E-state index is 0.259. The second kappa shape index (κ2) is 12.2. The molecule has 0 amide bonds. The predicted molar refractivity (Wildman–Crippen MR) is 215 cm³/mol. The molecule has 6 aromatic rings. The summed E-state index contributed by atoms with van der Waals surface area (Å²) < 4.78 is 6.93. The zero-order chi connectivity index (χ0) is 35.6. The number of benzene rings is 5. The molecule has 1 spiro atoms. The van der Waals surface area contributed by atoms with Crippen LogP contribution in [-0.4, -0.2) is 21.5 Å². The van der Waals surface area contributed by atoms with Gasteiger partial charge in [-0.05, 0) is 106 Å². The Balaban J connectivity index is 1.15. The van der Waals surface area contributed by atoms with Crippen LogP contribution >= 0.6 is 0 Å². The lowest BCUT2D eigenvalue weighted by Crippen LogP contribution is -2.32. The number of hydrogen-bond donors (Lipinski definition) is 1. The molecule has 2 aliphatic heterocycles. The first-order chi connectivity index (χ1) is 26.8. The number of rotatable bonds is 4. The van der Waals surface area contributed by atoms with Crippen molar-refractivity contribution in [3.05, 3.63) is 203 Å². The summed E-state index contributed by atoms with van der Waals surface area (Å²) in [4.78, 5) is 15.3. The summed E-state index contributed by atoms with van der Waals surface area (Å²) in [6.45, 7) is 0.854. The fourth-order valence-corrected chi connectivity index (χ4v) is 9.24. The minimum atomic E-state index is -0.622. The molecule has 1 atom stereocenters. The van der Waals surface area contributed by atoms with Crippen molar-refractivity contribution in [1.82, 2.24) is 20.3 Å². The van der Waals surface area contributed by atoms with E-state index in [0.29, 0.717) is 11.6 Å². The van der Waals surface area contributed by atoms with Gasteiger partial charge >= 0.3 is 0 Å². The molecule has 258 valence electrons. The van der Waals surface area contributed by atoms with Gasteiger partial charge in [-0.3, -0.25) is 0 Å². The zero-order valence-electron chi connectivity index (χ0n) is 29.7. The minimum Gasteiger partial charge on any atom is -0.457 e. The van der Waals surface area contributed by atoms with Gasteiger partial charge in [0, 0.05) is 34.7 Å². The summed E-state index contributed by atoms with van der Waals surface area (Å²) >= 11 is 0. The van der Waals surface area contributed by atoms with Gasteiger partial charge in [-0.25, -0.2) is 15.0 Å². The molecule has 5 heteroatoms. The Labute approximate surface area is 314 Å². The lowest BCUT2D eigenvalue weighted by atomic mass is 9.65. The molecular formula is C49H36N4O. The van der Waals surface area contributed by atoms with Gasteiger partial charge in [0.1, 0.15) is 11.5 Å². The first kappa shape index (κ1) is 31.0. The predicted octanol–water partition coefficient (Wildman–Crippen LogP) is 10.9. The van der Waals surface area contributed by atoms with E-state index >= 15 is 0 Å². The van der Waals surface area contributed by atoms with E-state index in [0.717, 1.165) is 71.0 Å². The monoisotopic (exact) mass is 696 g/mol. The van der Waals surface area contributed by atoms with E-state index in [4.69, 9.17) is 19.7 Å². The van der Waals surface area contributed by atoms with E-state index in [9.17, 15) is 0 Å². The second-order valence-electron chi connectivity index (χ2n) is 14.6. The number of fused-ring (bicyclic) bond motifs is 9. The SMILES string of the molecule is C1=CCCC(c2nc(-c3ccccc3)nc(-c3ccc4c(c3)C3(c5cc(C6CC=CC7=C6C=CNC7)ccc5O4)c4ccccc4-c4ccccc43)n2)=C1. The van der Waals surface area contributed by atoms with E-state index < -0.39 is 5.41 Å². The van der Waals surface area contributed by atoms with Gasteiger partial charge in [0.25, 0.3) is 0 Å². The van der Waals surface area contributed by atoms with Crippen LogP contribution in [0.4, 0.5) is 0 Å². The van der Waals surface area contributed by atoms with E-state index in [2.05, 4.69) is 145 Å². The third kappa shape index (κ3) is 4.67. The summed E-state index contributed by atoms with van der Waals surface area (Å²) in [6.07, 6.45) is 18.2. The van der Waals surface area contributed by atoms with Gasteiger partial charge in [-0.2, -0.15) is 0 Å². The molecule has 1 unspecified atom stereocenters. The first-order valence-corrected chi connectivity index (χ1v) is 18.9. The molecule has 54 heavy (non-hydrogen) atoms. The quantitative estimate of drug-likeness (QED) is 0.198. The van der Waals surface area contributed by atoms with Crippen molar-refractivity contribution in [3.8, 4) is 45.4 Å². The molecule has 5 aromatic carbocycles. The first-order valence-electron chi connectivity index (χ1n) is 18.9. The largest absolute Gasteiger partial charge is 0.457 e. The highest BCUT2D eigenvalue weighted by atomic mass is 16.5. The van der Waals surface area contributed by atoms with Gasteiger partial charge < -0.3 is 10.1 Å². The molecule has 3 heterocycles. The molecule has 11 rings (SSSR count). The van der Waals surface area contributed by atoms with Crippen LogP contribution in [0.3, 0.4) is 0 Å². The van der Waals surface area contributed by atoms with E-state index in [1.807, 2.05) is 18.2 Å². The average molecular weight is 697 g/mol. The van der Waals surface area contributed by atoms with E-state index in [-0.39, 0.29) is 5.92 Å². The van der Waals surface area contributed by atoms with Crippen molar-refractivity contribution >= 4 is 5.57 Å². The second-order valence-corrected chi connectivity index (χ2v) is 14.6. The van der Waals surface area contributed by atoms with Gasteiger partial charge in [0.05, 0.1) is 5.41 Å². The molecular weight excluding hydrogens is 661 g/mol. The molecule has 0 radical (unpaired) electrons. The number of hydrogen-bond acceptors (Lipinski definition) is 5. The van der Waals surface area contributed by atoms with Crippen LogP contribution in [-0.2, 0) is 5.41 Å². The number of nitrogens with zero attached hydrogens (tertiary/aromatic N) is 3. The van der Waals surface area contributed by atoms with Gasteiger partial charge in [0.2, 0.25) is 0 Å². The normalized spacial score (nSPS) is 18.1.